The summed E-state index contributed by atoms with van der Waals surface area (Å²) in [7, 11) is 0. The zero-order valence-corrected chi connectivity index (χ0v) is 10.4. The third kappa shape index (κ3) is 2.71. The monoisotopic (exact) mass is 238 g/mol. The van der Waals surface area contributed by atoms with E-state index in [2.05, 4.69) is 13.0 Å². The molecule has 88 valence electrons. The van der Waals surface area contributed by atoms with Gasteiger partial charge in [-0.3, -0.25) is 0 Å². The quantitative estimate of drug-likeness (QED) is 0.874. The minimum absolute atomic E-state index is 0.0496. The molecule has 0 spiro atoms. The molecule has 3 heteroatoms. The summed E-state index contributed by atoms with van der Waals surface area (Å²) in [6, 6.07) is 8.03. The highest BCUT2D eigenvalue weighted by Gasteiger charge is 2.25. The molecule has 0 aliphatic carbocycles. The van der Waals surface area contributed by atoms with Gasteiger partial charge in [-0.2, -0.15) is 0 Å². The van der Waals surface area contributed by atoms with Gasteiger partial charge in [0.25, 0.3) is 0 Å². The van der Waals surface area contributed by atoms with E-state index in [0.29, 0.717) is 0 Å². The van der Waals surface area contributed by atoms with Gasteiger partial charge in [0.2, 0.25) is 0 Å². The van der Waals surface area contributed by atoms with Gasteiger partial charge in [-0.05, 0) is 18.6 Å². The normalized spacial score (nSPS) is 21.0. The van der Waals surface area contributed by atoms with Crippen LogP contribution in [0.4, 0.5) is 0 Å². The fourth-order valence-electron chi connectivity index (χ4n) is 1.82. The zero-order valence-electron chi connectivity index (χ0n) is 9.56. The Labute approximate surface area is 101 Å². The molecule has 1 N–H and O–H groups in total. The first-order chi connectivity index (χ1) is 7.81. The summed E-state index contributed by atoms with van der Waals surface area (Å²) in [5.74, 6) is 1.77. The summed E-state index contributed by atoms with van der Waals surface area (Å²) in [6.07, 6.45) is 2.64. The predicted molar refractivity (Wildman–Crippen MR) is 67.1 cm³/mol. The molecule has 2 unspecified atom stereocenters. The molecule has 1 aliphatic heterocycles. The number of hydrogen-bond donors (Lipinski definition) is 1. The van der Waals surface area contributed by atoms with Gasteiger partial charge in [0.1, 0.15) is 11.9 Å². The van der Waals surface area contributed by atoms with Crippen molar-refractivity contribution in [3.8, 4) is 5.75 Å². The Morgan fingerprint density at radius 2 is 2.31 bits per heavy atom. The maximum Gasteiger partial charge on any atom is 0.134 e. The van der Waals surface area contributed by atoms with Gasteiger partial charge >= 0.3 is 0 Å². The molecule has 1 aromatic carbocycles. The second-order valence-electron chi connectivity index (χ2n) is 4.12. The molecule has 2 nitrogen and oxygen atoms in total. The zero-order chi connectivity index (χ0) is 11.4. The van der Waals surface area contributed by atoms with Crippen LogP contribution in [-0.2, 0) is 0 Å². The molecule has 16 heavy (non-hydrogen) atoms. The summed E-state index contributed by atoms with van der Waals surface area (Å²) in [6.45, 7) is 2.14. The lowest BCUT2D eigenvalue weighted by atomic mass is 10.1. The average molecular weight is 238 g/mol. The number of aliphatic hydroxyl groups excluding tert-OH is 1. The first-order valence-corrected chi connectivity index (χ1v) is 6.86. The third-order valence-corrected chi connectivity index (χ3v) is 3.96. The van der Waals surface area contributed by atoms with Gasteiger partial charge in [-0.25, -0.2) is 0 Å². The van der Waals surface area contributed by atoms with Crippen LogP contribution in [0, 0.1) is 0 Å². The molecule has 0 saturated heterocycles. The minimum atomic E-state index is -0.333. The van der Waals surface area contributed by atoms with E-state index in [4.69, 9.17) is 4.74 Å². The second kappa shape index (κ2) is 5.60. The van der Waals surface area contributed by atoms with Crippen molar-refractivity contribution in [1.82, 2.24) is 0 Å². The Morgan fingerprint density at radius 1 is 1.50 bits per heavy atom. The first-order valence-electron chi connectivity index (χ1n) is 5.88. The van der Waals surface area contributed by atoms with Crippen LogP contribution in [0.2, 0.25) is 0 Å². The van der Waals surface area contributed by atoms with E-state index in [1.54, 1.807) is 11.8 Å². The van der Waals surface area contributed by atoms with Crippen molar-refractivity contribution >= 4 is 11.8 Å². The molecule has 0 radical (unpaired) electrons. The van der Waals surface area contributed by atoms with Crippen LogP contribution >= 0.6 is 11.8 Å². The predicted octanol–water partition coefficient (Wildman–Crippen LogP) is 3.09. The highest BCUT2D eigenvalue weighted by molar-refractivity contribution is 7.99. The van der Waals surface area contributed by atoms with Gasteiger partial charge < -0.3 is 9.84 Å². The molecular weight excluding hydrogens is 220 g/mol. The molecule has 2 atom stereocenters. The highest BCUT2D eigenvalue weighted by atomic mass is 32.2. The lowest BCUT2D eigenvalue weighted by molar-refractivity contribution is 0.0394. The number of fused-ring (bicyclic) bond motifs is 1. The maximum atomic E-state index is 9.99. The van der Waals surface area contributed by atoms with E-state index in [1.165, 1.54) is 4.90 Å². The van der Waals surface area contributed by atoms with Crippen molar-refractivity contribution in [2.75, 3.05) is 5.75 Å². The Morgan fingerprint density at radius 3 is 3.12 bits per heavy atom. The molecule has 0 saturated carbocycles. The van der Waals surface area contributed by atoms with Crippen LogP contribution in [-0.4, -0.2) is 23.1 Å². The summed E-state index contributed by atoms with van der Waals surface area (Å²) >= 11 is 1.77. The van der Waals surface area contributed by atoms with Crippen molar-refractivity contribution in [1.29, 1.82) is 0 Å². The molecule has 2 rings (SSSR count). The van der Waals surface area contributed by atoms with Crippen molar-refractivity contribution in [2.24, 2.45) is 0 Å². The number of aliphatic hydroxyl groups is 1. The van der Waals surface area contributed by atoms with Crippen molar-refractivity contribution in [2.45, 2.75) is 43.3 Å². The lowest BCUT2D eigenvalue weighted by Gasteiger charge is -2.29. The summed E-state index contributed by atoms with van der Waals surface area (Å²) in [5, 5.41) is 9.99. The molecular formula is C13H18O2S. The van der Waals surface area contributed by atoms with E-state index < -0.39 is 0 Å². The Hall–Kier alpha value is -0.670. The average Bonchev–Trinajstić information content (AvgIpc) is 2.35. The fraction of sp³-hybridized carbons (Fsp3) is 0.538. The molecule has 1 aliphatic rings. The summed E-state index contributed by atoms with van der Waals surface area (Å²) < 4.78 is 5.82. The first kappa shape index (κ1) is 11.8. The Kier molecular flexibility index (Phi) is 4.13. The van der Waals surface area contributed by atoms with Crippen LogP contribution in [0.1, 0.15) is 26.2 Å². The molecule has 0 fully saturated rings. The Bertz CT molecular complexity index is 340. The number of benzene rings is 1. The van der Waals surface area contributed by atoms with Crippen LogP contribution in [0.3, 0.4) is 0 Å². The van der Waals surface area contributed by atoms with Gasteiger partial charge in [-0.1, -0.05) is 31.9 Å². The van der Waals surface area contributed by atoms with Gasteiger partial charge in [0.15, 0.2) is 0 Å². The summed E-state index contributed by atoms with van der Waals surface area (Å²) in [5.41, 5.74) is 0. The van der Waals surface area contributed by atoms with Crippen LogP contribution in [0.25, 0.3) is 0 Å². The summed E-state index contributed by atoms with van der Waals surface area (Å²) in [4.78, 5) is 1.18. The van der Waals surface area contributed by atoms with E-state index >= 15 is 0 Å². The van der Waals surface area contributed by atoms with Crippen molar-refractivity contribution in [3.05, 3.63) is 24.3 Å². The number of para-hydroxylation sites is 1. The second-order valence-corrected chi connectivity index (χ2v) is 5.19. The number of rotatable bonds is 4. The highest BCUT2D eigenvalue weighted by Crippen LogP contribution is 2.36. The van der Waals surface area contributed by atoms with Gasteiger partial charge in [0, 0.05) is 10.6 Å². The van der Waals surface area contributed by atoms with Gasteiger partial charge in [-0.15, -0.1) is 11.8 Å². The number of ether oxygens (including phenoxy) is 1. The molecule has 0 aromatic heterocycles. The number of unbranched alkanes of at least 4 members (excludes halogenated alkanes) is 1. The third-order valence-electron chi connectivity index (χ3n) is 2.81. The van der Waals surface area contributed by atoms with Gasteiger partial charge in [0.05, 0.1) is 6.10 Å². The van der Waals surface area contributed by atoms with Crippen LogP contribution in [0.5, 0.6) is 5.75 Å². The minimum Gasteiger partial charge on any atom is -0.486 e. The smallest absolute Gasteiger partial charge is 0.134 e. The maximum absolute atomic E-state index is 9.99. The Balaban J connectivity index is 1.97. The SMILES string of the molecule is CCCCC(O)C1CSc2ccccc2O1. The molecule has 0 amide bonds. The lowest BCUT2D eigenvalue weighted by Crippen LogP contribution is -2.35. The van der Waals surface area contributed by atoms with Crippen LogP contribution < -0.4 is 4.74 Å². The number of hydrogen-bond acceptors (Lipinski definition) is 3. The van der Waals surface area contributed by atoms with E-state index in [9.17, 15) is 5.11 Å². The van der Waals surface area contributed by atoms with E-state index in [1.807, 2.05) is 18.2 Å². The van der Waals surface area contributed by atoms with E-state index in [-0.39, 0.29) is 12.2 Å². The fourth-order valence-corrected chi connectivity index (χ4v) is 2.89. The standard InChI is InChI=1S/C13H18O2S/c1-2-3-6-10(14)12-9-16-13-8-5-4-7-11(13)15-12/h4-5,7-8,10,12,14H,2-3,6,9H2,1H3. The van der Waals surface area contributed by atoms with Crippen molar-refractivity contribution in [3.63, 3.8) is 0 Å². The van der Waals surface area contributed by atoms with Crippen LogP contribution in [0.15, 0.2) is 29.2 Å². The topological polar surface area (TPSA) is 29.5 Å². The largest absolute Gasteiger partial charge is 0.486 e. The van der Waals surface area contributed by atoms with E-state index in [0.717, 1.165) is 30.8 Å². The van der Waals surface area contributed by atoms with Crippen molar-refractivity contribution < 1.29 is 9.84 Å². The molecule has 1 aromatic rings. The molecule has 0 bridgehead atoms. The molecule has 1 heterocycles. The number of thioether (sulfide) groups is 1.